The number of halogens is 1. The fourth-order valence-electron chi connectivity index (χ4n) is 2.56. The summed E-state index contributed by atoms with van der Waals surface area (Å²) < 4.78 is 0.600. The van der Waals surface area contributed by atoms with Crippen LogP contribution >= 0.6 is 15.9 Å². The van der Waals surface area contributed by atoms with Gasteiger partial charge in [-0.15, -0.1) is 0 Å². The molecule has 1 aliphatic rings. The van der Waals surface area contributed by atoms with Gasteiger partial charge in [-0.2, -0.15) is 5.10 Å². The third-order valence-corrected chi connectivity index (χ3v) is 4.56. The third-order valence-electron chi connectivity index (χ3n) is 3.79. The van der Waals surface area contributed by atoms with Gasteiger partial charge in [0.2, 0.25) is 0 Å². The van der Waals surface area contributed by atoms with E-state index in [0.717, 1.165) is 5.56 Å². The van der Waals surface area contributed by atoms with Crippen molar-refractivity contribution in [3.8, 4) is 11.3 Å². The van der Waals surface area contributed by atoms with Gasteiger partial charge in [-0.25, -0.2) is 0 Å². The minimum Gasteiger partial charge on any atom is -0.481 e. The van der Waals surface area contributed by atoms with E-state index in [1.165, 1.54) is 0 Å². The Labute approximate surface area is 135 Å². The van der Waals surface area contributed by atoms with Gasteiger partial charge < -0.3 is 10.0 Å². The average molecular weight is 364 g/mol. The molecule has 7 heteroatoms. The molecule has 1 amide bonds. The normalized spacial score (nSPS) is 17.7. The Bertz CT molecular complexity index is 714. The van der Waals surface area contributed by atoms with E-state index in [9.17, 15) is 9.59 Å². The standard InChI is InChI=1S/C15H14BrN3O3/c16-11-12(9-4-2-1-3-5-9)17-18-13(11)14(20)19-7-6-10(8-19)15(21)22/h1-5,10H,6-8H2,(H,17,18)(H,21,22)/t10-/m0/s1. The van der Waals surface area contributed by atoms with Crippen molar-refractivity contribution in [2.75, 3.05) is 13.1 Å². The van der Waals surface area contributed by atoms with E-state index in [1.807, 2.05) is 30.3 Å². The monoisotopic (exact) mass is 363 g/mol. The summed E-state index contributed by atoms with van der Waals surface area (Å²) >= 11 is 3.42. The summed E-state index contributed by atoms with van der Waals surface area (Å²) in [5.74, 6) is -1.58. The minimum atomic E-state index is -0.857. The number of benzene rings is 1. The van der Waals surface area contributed by atoms with Crippen LogP contribution < -0.4 is 0 Å². The van der Waals surface area contributed by atoms with Crippen LogP contribution in [-0.2, 0) is 4.79 Å². The molecule has 0 radical (unpaired) electrons. The van der Waals surface area contributed by atoms with Gasteiger partial charge in [-0.1, -0.05) is 30.3 Å². The summed E-state index contributed by atoms with van der Waals surface area (Å²) in [4.78, 5) is 25.1. The molecular formula is C15H14BrN3O3. The molecule has 114 valence electrons. The number of carbonyl (C=O) groups excluding carboxylic acids is 1. The Hall–Kier alpha value is -2.15. The maximum Gasteiger partial charge on any atom is 0.308 e. The molecule has 2 aromatic rings. The molecule has 2 heterocycles. The number of nitrogens with one attached hydrogen (secondary N) is 1. The topological polar surface area (TPSA) is 86.3 Å². The number of rotatable bonds is 3. The maximum absolute atomic E-state index is 12.5. The Kier molecular flexibility index (Phi) is 3.98. The lowest BCUT2D eigenvalue weighted by atomic mass is 10.1. The predicted octanol–water partition coefficient (Wildman–Crippen LogP) is 2.39. The van der Waals surface area contributed by atoms with Crippen LogP contribution in [0.25, 0.3) is 11.3 Å². The van der Waals surface area contributed by atoms with Gasteiger partial charge in [-0.3, -0.25) is 14.7 Å². The molecule has 0 spiro atoms. The summed E-state index contributed by atoms with van der Waals surface area (Å²) in [6.45, 7) is 0.683. The van der Waals surface area contributed by atoms with Gasteiger partial charge >= 0.3 is 5.97 Å². The molecule has 0 unspecified atom stereocenters. The largest absolute Gasteiger partial charge is 0.481 e. The number of hydrogen-bond donors (Lipinski definition) is 2. The van der Waals surface area contributed by atoms with Crippen LogP contribution in [0.15, 0.2) is 34.8 Å². The lowest BCUT2D eigenvalue weighted by molar-refractivity contribution is -0.141. The highest BCUT2D eigenvalue weighted by Crippen LogP contribution is 2.30. The first-order valence-corrected chi connectivity index (χ1v) is 7.68. The zero-order valence-corrected chi connectivity index (χ0v) is 13.2. The van der Waals surface area contributed by atoms with Gasteiger partial charge in [0.05, 0.1) is 10.4 Å². The van der Waals surface area contributed by atoms with E-state index >= 15 is 0 Å². The summed E-state index contributed by atoms with van der Waals surface area (Å²) in [5, 5.41) is 16.0. The molecule has 22 heavy (non-hydrogen) atoms. The fourth-order valence-corrected chi connectivity index (χ4v) is 3.14. The Morgan fingerprint density at radius 2 is 2.05 bits per heavy atom. The first-order valence-electron chi connectivity index (χ1n) is 6.89. The van der Waals surface area contributed by atoms with Gasteiger partial charge in [-0.05, 0) is 22.4 Å². The maximum atomic E-state index is 12.5. The van der Waals surface area contributed by atoms with Crippen LogP contribution in [0.5, 0.6) is 0 Å². The number of aromatic nitrogens is 2. The first-order chi connectivity index (χ1) is 10.6. The van der Waals surface area contributed by atoms with E-state index in [4.69, 9.17) is 5.11 Å². The quantitative estimate of drug-likeness (QED) is 0.876. The van der Waals surface area contributed by atoms with E-state index in [0.29, 0.717) is 28.8 Å². The molecule has 0 saturated carbocycles. The highest BCUT2D eigenvalue weighted by Gasteiger charge is 2.33. The Balaban J connectivity index is 1.83. The van der Waals surface area contributed by atoms with Crippen molar-refractivity contribution < 1.29 is 14.7 Å². The number of H-pyrrole nitrogens is 1. The molecule has 1 fully saturated rings. The number of carbonyl (C=O) groups is 2. The summed E-state index contributed by atoms with van der Waals surface area (Å²) in [5.41, 5.74) is 1.91. The molecule has 2 N–H and O–H groups in total. The molecule has 1 aromatic heterocycles. The molecule has 1 saturated heterocycles. The lowest BCUT2D eigenvalue weighted by Gasteiger charge is -2.14. The van der Waals surface area contributed by atoms with E-state index < -0.39 is 11.9 Å². The smallest absolute Gasteiger partial charge is 0.308 e. The van der Waals surface area contributed by atoms with Crippen molar-refractivity contribution in [2.24, 2.45) is 5.92 Å². The lowest BCUT2D eigenvalue weighted by Crippen LogP contribution is -2.30. The second-order valence-corrected chi connectivity index (χ2v) is 6.00. The molecule has 3 rings (SSSR count). The SMILES string of the molecule is O=C(O)[C@H]1CCN(C(=O)c2[nH]nc(-c3ccccc3)c2Br)C1. The highest BCUT2D eigenvalue weighted by molar-refractivity contribution is 9.10. The van der Waals surface area contributed by atoms with Gasteiger partial charge in [0.15, 0.2) is 0 Å². The van der Waals surface area contributed by atoms with E-state index in [2.05, 4.69) is 26.1 Å². The second-order valence-electron chi connectivity index (χ2n) is 5.20. The van der Waals surface area contributed by atoms with Crippen molar-refractivity contribution in [1.82, 2.24) is 15.1 Å². The molecular weight excluding hydrogens is 350 g/mol. The number of likely N-dealkylation sites (tertiary alicyclic amines) is 1. The molecule has 0 aliphatic carbocycles. The summed E-state index contributed by atoms with van der Waals surface area (Å²) in [6.07, 6.45) is 0.484. The van der Waals surface area contributed by atoms with Crippen molar-refractivity contribution in [1.29, 1.82) is 0 Å². The van der Waals surface area contributed by atoms with Crippen molar-refractivity contribution in [3.63, 3.8) is 0 Å². The zero-order chi connectivity index (χ0) is 15.7. The number of aromatic amines is 1. The third kappa shape index (κ3) is 2.64. The molecule has 1 atom stereocenters. The van der Waals surface area contributed by atoms with Gasteiger partial charge in [0, 0.05) is 18.7 Å². The highest BCUT2D eigenvalue weighted by atomic mass is 79.9. The Morgan fingerprint density at radius 1 is 1.32 bits per heavy atom. The number of hydrogen-bond acceptors (Lipinski definition) is 3. The number of aliphatic carboxylic acids is 1. The number of amides is 1. The van der Waals surface area contributed by atoms with Crippen molar-refractivity contribution in [2.45, 2.75) is 6.42 Å². The number of nitrogens with zero attached hydrogens (tertiary/aromatic N) is 2. The van der Waals surface area contributed by atoms with E-state index in [1.54, 1.807) is 4.90 Å². The van der Waals surface area contributed by atoms with Crippen LogP contribution in [0.3, 0.4) is 0 Å². The fraction of sp³-hybridized carbons (Fsp3) is 0.267. The van der Waals surface area contributed by atoms with Crippen LogP contribution in [0.2, 0.25) is 0 Å². The minimum absolute atomic E-state index is 0.231. The molecule has 0 bridgehead atoms. The first kappa shape index (κ1) is 14.8. The van der Waals surface area contributed by atoms with Crippen molar-refractivity contribution in [3.05, 3.63) is 40.5 Å². The van der Waals surface area contributed by atoms with Crippen LogP contribution in [0.4, 0.5) is 0 Å². The van der Waals surface area contributed by atoms with E-state index in [-0.39, 0.29) is 12.5 Å². The summed E-state index contributed by atoms with van der Waals surface area (Å²) in [7, 11) is 0. The number of carboxylic acids is 1. The van der Waals surface area contributed by atoms with Crippen LogP contribution in [0.1, 0.15) is 16.9 Å². The van der Waals surface area contributed by atoms with Crippen LogP contribution in [-0.4, -0.2) is 45.2 Å². The predicted molar refractivity (Wildman–Crippen MR) is 83.4 cm³/mol. The summed E-state index contributed by atoms with van der Waals surface area (Å²) in [6, 6.07) is 9.52. The number of carboxylic acid groups (broad SMARTS) is 1. The van der Waals surface area contributed by atoms with Crippen LogP contribution in [0, 0.1) is 5.92 Å². The Morgan fingerprint density at radius 3 is 2.68 bits per heavy atom. The zero-order valence-electron chi connectivity index (χ0n) is 11.6. The van der Waals surface area contributed by atoms with Crippen molar-refractivity contribution >= 4 is 27.8 Å². The molecule has 1 aromatic carbocycles. The molecule has 1 aliphatic heterocycles. The molecule has 6 nitrogen and oxygen atoms in total. The average Bonchev–Trinajstić information content (AvgIpc) is 3.14. The van der Waals surface area contributed by atoms with Gasteiger partial charge in [0.1, 0.15) is 11.4 Å². The second kappa shape index (κ2) is 5.92. The van der Waals surface area contributed by atoms with Gasteiger partial charge in [0.25, 0.3) is 5.91 Å².